The normalized spacial score (nSPS) is 17.1. The lowest BCUT2D eigenvalue weighted by molar-refractivity contribution is 0.0636. The van der Waals surface area contributed by atoms with Crippen molar-refractivity contribution in [2.45, 2.75) is 19.6 Å². The zero-order valence-electron chi connectivity index (χ0n) is 18.8. The van der Waals surface area contributed by atoms with Crippen LogP contribution in [0.15, 0.2) is 52.6 Å². The van der Waals surface area contributed by atoms with Gasteiger partial charge >= 0.3 is 0 Å². The molecule has 4 rings (SSSR count). The maximum absolute atomic E-state index is 13.1. The molecule has 0 aliphatic carbocycles. The Morgan fingerprint density at radius 1 is 0.838 bits per heavy atom. The quantitative estimate of drug-likeness (QED) is 0.461. The van der Waals surface area contributed by atoms with Crippen LogP contribution < -0.4 is 5.43 Å². The Morgan fingerprint density at radius 2 is 1.27 bits per heavy atom. The third kappa shape index (κ3) is 5.66. The molecule has 0 aromatic heterocycles. The summed E-state index contributed by atoms with van der Waals surface area (Å²) in [5, 5.41) is 0.713. The van der Waals surface area contributed by atoms with E-state index < -0.39 is 31.9 Å². The van der Waals surface area contributed by atoms with Crippen molar-refractivity contribution < 1.29 is 26.4 Å². The summed E-state index contributed by atoms with van der Waals surface area (Å²) >= 11 is 17.1. The Labute approximate surface area is 239 Å². The predicted molar refractivity (Wildman–Crippen MR) is 150 cm³/mol. The molecule has 1 N–H and O–H groups in total. The van der Waals surface area contributed by atoms with Crippen molar-refractivity contribution in [1.29, 1.82) is 0 Å². The molecule has 196 valence electrons. The number of carbonyl (C=O) groups is 2. The van der Waals surface area contributed by atoms with E-state index in [4.69, 9.17) is 23.2 Å². The van der Waals surface area contributed by atoms with Gasteiger partial charge in [-0.1, -0.05) is 46.7 Å². The van der Waals surface area contributed by atoms with E-state index in [2.05, 4.69) is 14.2 Å². The molecule has 18 heteroatoms. The minimum absolute atomic E-state index is 0.0349. The fraction of sp³-hybridized carbons (Fsp3) is 0.158. The van der Waals surface area contributed by atoms with Gasteiger partial charge < -0.3 is 0 Å². The number of nitrogens with zero attached hydrogens (tertiary/aromatic N) is 3. The number of fused-ring (bicyclic) bond motifs is 2. The van der Waals surface area contributed by atoms with Crippen LogP contribution in [0.5, 0.6) is 0 Å². The number of carbonyl (C=O) groups excluding carboxylic acids is 2. The Hall–Kier alpha value is -1.40. The second-order valence-corrected chi connectivity index (χ2v) is 15.3. The zero-order valence-corrected chi connectivity index (χ0v) is 25.2. The number of sulfonamides is 2. The molecule has 2 aliphatic heterocycles. The van der Waals surface area contributed by atoms with Crippen LogP contribution in [0.1, 0.15) is 20.7 Å². The molecule has 0 bridgehead atoms. The summed E-state index contributed by atoms with van der Waals surface area (Å²) in [6.07, 6.45) is 3.36. The SMILES string of the molecule is CSC1=NS(=O)(=O)c2cc(C(=O)NN(C)C(=O)c3cc4c(cc3Cl)SC(SC)=NS4(=O)=O)c(Cl)cc2S1. The van der Waals surface area contributed by atoms with E-state index >= 15 is 0 Å². The molecule has 0 unspecified atom stereocenters. The van der Waals surface area contributed by atoms with Crippen LogP contribution in [-0.4, -0.2) is 62.0 Å². The number of thioether (sulfide) groups is 4. The molecule has 10 nitrogen and oxygen atoms in total. The van der Waals surface area contributed by atoms with E-state index in [1.54, 1.807) is 12.5 Å². The molecule has 2 aromatic rings. The summed E-state index contributed by atoms with van der Waals surface area (Å²) in [5.74, 6) is -1.71. The first-order valence-corrected chi connectivity index (χ1v) is 17.4. The van der Waals surface area contributed by atoms with Gasteiger partial charge in [0.1, 0.15) is 18.5 Å². The lowest BCUT2D eigenvalue weighted by Crippen LogP contribution is -2.43. The lowest BCUT2D eigenvalue weighted by Gasteiger charge is -2.22. The van der Waals surface area contributed by atoms with Gasteiger partial charge in [-0.3, -0.25) is 20.0 Å². The maximum atomic E-state index is 13.1. The molecule has 0 saturated carbocycles. The fourth-order valence-electron chi connectivity index (χ4n) is 3.09. The molecule has 0 saturated heterocycles. The smallest absolute Gasteiger partial charge is 0.267 e. The first-order valence-electron chi connectivity index (χ1n) is 9.67. The molecule has 2 aromatic carbocycles. The van der Waals surface area contributed by atoms with Gasteiger partial charge in [0.2, 0.25) is 0 Å². The van der Waals surface area contributed by atoms with Crippen molar-refractivity contribution in [2.24, 2.45) is 8.80 Å². The summed E-state index contributed by atoms with van der Waals surface area (Å²) in [4.78, 5) is 26.3. The summed E-state index contributed by atoms with van der Waals surface area (Å²) in [6.45, 7) is 0. The van der Waals surface area contributed by atoms with Gasteiger partial charge in [-0.15, -0.1) is 32.3 Å². The molecule has 0 radical (unpaired) electrons. The van der Waals surface area contributed by atoms with Gasteiger partial charge in [-0.2, -0.15) is 16.8 Å². The minimum atomic E-state index is -4.06. The highest BCUT2D eigenvalue weighted by molar-refractivity contribution is 8.39. The minimum Gasteiger partial charge on any atom is -0.267 e. The van der Waals surface area contributed by atoms with Crippen LogP contribution in [0.25, 0.3) is 0 Å². The van der Waals surface area contributed by atoms with Crippen LogP contribution in [0, 0.1) is 0 Å². The Balaban J connectivity index is 1.61. The van der Waals surface area contributed by atoms with E-state index in [1.165, 1.54) is 19.2 Å². The van der Waals surface area contributed by atoms with E-state index in [0.29, 0.717) is 18.5 Å². The first kappa shape index (κ1) is 28.6. The van der Waals surface area contributed by atoms with Gasteiger partial charge in [0.15, 0.2) is 0 Å². The average molecular weight is 658 g/mol. The Kier molecular flexibility index (Phi) is 8.22. The van der Waals surface area contributed by atoms with Gasteiger partial charge in [-0.05, 0) is 36.8 Å². The van der Waals surface area contributed by atoms with E-state index in [0.717, 1.165) is 64.2 Å². The van der Waals surface area contributed by atoms with Gasteiger partial charge in [0.25, 0.3) is 31.9 Å². The maximum Gasteiger partial charge on any atom is 0.285 e. The standard InChI is InChI=1S/C19H14Cl2N4O6S6/c1-25(17(27)9-5-15-13(7-11(9)21)35-19(33-3)24-37(15,30)31)22-16(26)8-4-14-12(6-10(8)20)34-18(32-2)23-36(14,28)29/h4-7H,1-3H3,(H,22,26). The van der Waals surface area contributed by atoms with Crippen LogP contribution in [-0.2, 0) is 20.0 Å². The van der Waals surface area contributed by atoms with Crippen molar-refractivity contribution in [3.8, 4) is 0 Å². The van der Waals surface area contributed by atoms with Crippen molar-refractivity contribution in [2.75, 3.05) is 19.6 Å². The van der Waals surface area contributed by atoms with Crippen molar-refractivity contribution in [3.05, 3.63) is 45.4 Å². The third-order valence-electron chi connectivity index (χ3n) is 4.80. The van der Waals surface area contributed by atoms with E-state index in [-0.39, 0.29) is 31.0 Å². The van der Waals surface area contributed by atoms with Crippen molar-refractivity contribution in [1.82, 2.24) is 10.4 Å². The fourth-order valence-corrected chi connectivity index (χ4v) is 10.7. The van der Waals surface area contributed by atoms with Crippen LogP contribution >= 0.6 is 70.2 Å². The number of nitrogens with one attached hydrogen (secondary N) is 1. The molecule has 0 spiro atoms. The van der Waals surface area contributed by atoms with Gasteiger partial charge in [0.05, 0.1) is 21.2 Å². The Morgan fingerprint density at radius 3 is 1.73 bits per heavy atom. The highest BCUT2D eigenvalue weighted by Crippen LogP contribution is 2.41. The lowest BCUT2D eigenvalue weighted by atomic mass is 10.2. The second-order valence-electron chi connectivity index (χ2n) is 7.14. The number of hydrogen-bond donors (Lipinski definition) is 1. The summed E-state index contributed by atoms with van der Waals surface area (Å²) < 4.78 is 58.3. The highest BCUT2D eigenvalue weighted by atomic mass is 35.5. The molecular weight excluding hydrogens is 644 g/mol. The number of benzene rings is 2. The second kappa shape index (κ2) is 10.6. The van der Waals surface area contributed by atoms with Gasteiger partial charge in [-0.25, -0.2) is 0 Å². The van der Waals surface area contributed by atoms with E-state index in [9.17, 15) is 26.4 Å². The largest absolute Gasteiger partial charge is 0.285 e. The number of hydrogen-bond acceptors (Lipinski definition) is 10. The number of rotatable bonds is 2. The van der Waals surface area contributed by atoms with Crippen molar-refractivity contribution >= 4 is 111 Å². The van der Waals surface area contributed by atoms with Crippen LogP contribution in [0.3, 0.4) is 0 Å². The topological polar surface area (TPSA) is 142 Å². The molecule has 0 fully saturated rings. The third-order valence-corrected chi connectivity index (χ3v) is 12.8. The molecular formula is C19H14Cl2N4O6S6. The first-order chi connectivity index (χ1) is 17.3. The van der Waals surface area contributed by atoms with Crippen LogP contribution in [0.2, 0.25) is 10.0 Å². The Bertz CT molecular complexity index is 1640. The molecule has 2 aliphatic rings. The molecule has 2 heterocycles. The average Bonchev–Trinajstić information content (AvgIpc) is 2.81. The van der Waals surface area contributed by atoms with Crippen molar-refractivity contribution in [3.63, 3.8) is 0 Å². The summed E-state index contributed by atoms with van der Waals surface area (Å²) in [7, 11) is -6.90. The summed E-state index contributed by atoms with van der Waals surface area (Å²) in [5.41, 5.74) is 1.91. The summed E-state index contributed by atoms with van der Waals surface area (Å²) in [6, 6.07) is 4.87. The van der Waals surface area contributed by atoms with Crippen LogP contribution in [0.4, 0.5) is 0 Å². The van der Waals surface area contributed by atoms with E-state index in [1.807, 2.05) is 0 Å². The highest BCUT2D eigenvalue weighted by Gasteiger charge is 2.31. The van der Waals surface area contributed by atoms with Gasteiger partial charge in [0, 0.05) is 16.8 Å². The molecule has 37 heavy (non-hydrogen) atoms. The predicted octanol–water partition coefficient (Wildman–Crippen LogP) is 4.44. The monoisotopic (exact) mass is 656 g/mol. The molecule has 2 amide bonds. The number of amides is 2. The number of halogens is 2. The molecule has 0 atom stereocenters. The zero-order chi connectivity index (χ0) is 27.3. The number of hydrazine groups is 1.